The Labute approximate surface area is 130 Å². The third-order valence-corrected chi connectivity index (χ3v) is 3.29. The number of hydrogen-bond donors (Lipinski definition) is 1. The molecule has 0 aliphatic heterocycles. The van der Waals surface area contributed by atoms with E-state index in [1.165, 1.54) is 0 Å². The van der Waals surface area contributed by atoms with Crippen LogP contribution < -0.4 is 4.74 Å². The summed E-state index contributed by atoms with van der Waals surface area (Å²) in [4.78, 5) is 11.6. The van der Waals surface area contributed by atoms with E-state index in [-0.39, 0.29) is 12.4 Å². The molecule has 0 saturated heterocycles. The number of phenolic OH excluding ortho intramolecular Hbond substituents is 1. The maximum atomic E-state index is 11.6. The van der Waals surface area contributed by atoms with Crippen LogP contribution in [0.4, 0.5) is 4.79 Å². The average Bonchev–Trinajstić information content (AvgIpc) is 2.54. The molecular formula is C18H20O4. The van der Waals surface area contributed by atoms with Crippen molar-refractivity contribution in [2.45, 2.75) is 32.8 Å². The van der Waals surface area contributed by atoms with E-state index in [2.05, 4.69) is 6.92 Å². The van der Waals surface area contributed by atoms with Crippen LogP contribution in [0.15, 0.2) is 48.5 Å². The van der Waals surface area contributed by atoms with Crippen molar-refractivity contribution in [3.63, 3.8) is 0 Å². The highest BCUT2D eigenvalue weighted by Gasteiger charge is 2.11. The van der Waals surface area contributed by atoms with Gasteiger partial charge in [-0.1, -0.05) is 49.7 Å². The van der Waals surface area contributed by atoms with Crippen molar-refractivity contribution in [2.24, 2.45) is 0 Å². The SMILES string of the molecule is CCCCc1cccc(COC(=O)Oc2ccccc2)c1O. The Morgan fingerprint density at radius 3 is 2.50 bits per heavy atom. The predicted octanol–water partition coefficient (Wildman–Crippen LogP) is 4.45. The maximum absolute atomic E-state index is 11.6. The van der Waals surface area contributed by atoms with Gasteiger partial charge in [0.05, 0.1) is 0 Å². The minimum absolute atomic E-state index is 0.0164. The highest BCUT2D eigenvalue weighted by atomic mass is 16.7. The second kappa shape index (κ2) is 8.08. The molecule has 0 atom stereocenters. The maximum Gasteiger partial charge on any atom is 0.514 e. The number of carbonyl (C=O) groups excluding carboxylic acids is 1. The van der Waals surface area contributed by atoms with Gasteiger partial charge in [-0.15, -0.1) is 0 Å². The molecule has 0 amide bonds. The Kier molecular flexibility index (Phi) is 5.83. The topological polar surface area (TPSA) is 55.8 Å². The van der Waals surface area contributed by atoms with Gasteiger partial charge in [-0.05, 0) is 30.5 Å². The molecule has 2 aromatic carbocycles. The number of rotatable bonds is 6. The lowest BCUT2D eigenvalue weighted by atomic mass is 10.0. The molecule has 4 nitrogen and oxygen atoms in total. The molecular weight excluding hydrogens is 280 g/mol. The third-order valence-electron chi connectivity index (χ3n) is 3.29. The molecule has 0 heterocycles. The molecule has 0 bridgehead atoms. The lowest BCUT2D eigenvalue weighted by Gasteiger charge is -2.10. The molecule has 0 unspecified atom stereocenters. The van der Waals surface area contributed by atoms with E-state index < -0.39 is 6.16 Å². The van der Waals surface area contributed by atoms with Crippen LogP contribution >= 0.6 is 0 Å². The van der Waals surface area contributed by atoms with Gasteiger partial charge in [-0.3, -0.25) is 0 Å². The lowest BCUT2D eigenvalue weighted by molar-refractivity contribution is 0.0921. The van der Waals surface area contributed by atoms with Gasteiger partial charge in [0.2, 0.25) is 0 Å². The highest BCUT2D eigenvalue weighted by Crippen LogP contribution is 2.25. The zero-order chi connectivity index (χ0) is 15.8. The van der Waals surface area contributed by atoms with E-state index in [4.69, 9.17) is 9.47 Å². The first-order chi connectivity index (χ1) is 10.7. The van der Waals surface area contributed by atoms with Crippen molar-refractivity contribution in [1.82, 2.24) is 0 Å². The molecule has 2 rings (SSSR count). The van der Waals surface area contributed by atoms with Crippen LogP contribution in [-0.2, 0) is 17.8 Å². The second-order valence-electron chi connectivity index (χ2n) is 4.98. The van der Waals surface area contributed by atoms with Gasteiger partial charge >= 0.3 is 6.16 Å². The highest BCUT2D eigenvalue weighted by molar-refractivity contribution is 5.63. The molecule has 22 heavy (non-hydrogen) atoms. The first-order valence-corrected chi connectivity index (χ1v) is 7.40. The molecule has 1 N–H and O–H groups in total. The van der Waals surface area contributed by atoms with Crippen molar-refractivity contribution in [3.05, 3.63) is 59.7 Å². The summed E-state index contributed by atoms with van der Waals surface area (Å²) in [7, 11) is 0. The molecule has 4 heteroatoms. The van der Waals surface area contributed by atoms with Gasteiger partial charge in [-0.2, -0.15) is 0 Å². The monoisotopic (exact) mass is 300 g/mol. The van der Waals surface area contributed by atoms with Crippen LogP contribution in [0.2, 0.25) is 0 Å². The fourth-order valence-corrected chi connectivity index (χ4v) is 2.08. The van der Waals surface area contributed by atoms with Gasteiger partial charge in [0, 0.05) is 5.56 Å². The van der Waals surface area contributed by atoms with Crippen molar-refractivity contribution < 1.29 is 19.4 Å². The number of benzene rings is 2. The van der Waals surface area contributed by atoms with Crippen LogP contribution in [0.1, 0.15) is 30.9 Å². The molecule has 2 aromatic rings. The lowest BCUT2D eigenvalue weighted by Crippen LogP contribution is -2.10. The number of unbranched alkanes of at least 4 members (excludes halogenated alkanes) is 1. The van der Waals surface area contributed by atoms with Crippen molar-refractivity contribution >= 4 is 6.16 Å². The van der Waals surface area contributed by atoms with E-state index in [0.29, 0.717) is 11.3 Å². The number of hydrogen-bond acceptors (Lipinski definition) is 4. The normalized spacial score (nSPS) is 10.2. The number of para-hydroxylation sites is 2. The Morgan fingerprint density at radius 1 is 1.05 bits per heavy atom. The zero-order valence-electron chi connectivity index (χ0n) is 12.6. The van der Waals surface area contributed by atoms with Crippen LogP contribution in [0, 0.1) is 0 Å². The van der Waals surface area contributed by atoms with E-state index in [9.17, 15) is 9.90 Å². The Morgan fingerprint density at radius 2 is 1.77 bits per heavy atom. The minimum Gasteiger partial charge on any atom is -0.507 e. The number of aryl methyl sites for hydroxylation is 1. The van der Waals surface area contributed by atoms with Crippen LogP contribution in [0.5, 0.6) is 11.5 Å². The van der Waals surface area contributed by atoms with Crippen LogP contribution in [0.25, 0.3) is 0 Å². The molecule has 0 aliphatic carbocycles. The van der Waals surface area contributed by atoms with E-state index in [1.54, 1.807) is 30.3 Å². The van der Waals surface area contributed by atoms with Crippen molar-refractivity contribution in [1.29, 1.82) is 0 Å². The molecule has 116 valence electrons. The Balaban J connectivity index is 1.92. The first kappa shape index (κ1) is 15.9. The summed E-state index contributed by atoms with van der Waals surface area (Å²) in [6, 6.07) is 14.2. The summed E-state index contributed by atoms with van der Waals surface area (Å²) in [5, 5.41) is 10.2. The van der Waals surface area contributed by atoms with Crippen LogP contribution in [-0.4, -0.2) is 11.3 Å². The molecule has 0 radical (unpaired) electrons. The smallest absolute Gasteiger partial charge is 0.507 e. The van der Waals surface area contributed by atoms with E-state index in [0.717, 1.165) is 24.8 Å². The van der Waals surface area contributed by atoms with Gasteiger partial charge < -0.3 is 14.6 Å². The fourth-order valence-electron chi connectivity index (χ4n) is 2.08. The number of phenols is 1. The predicted molar refractivity (Wildman–Crippen MR) is 84.0 cm³/mol. The number of carbonyl (C=O) groups is 1. The van der Waals surface area contributed by atoms with Crippen molar-refractivity contribution in [3.8, 4) is 11.5 Å². The quantitative estimate of drug-likeness (QED) is 0.632. The average molecular weight is 300 g/mol. The Hall–Kier alpha value is -2.49. The second-order valence-corrected chi connectivity index (χ2v) is 4.98. The summed E-state index contributed by atoms with van der Waals surface area (Å²) in [6.45, 7) is 2.08. The third kappa shape index (κ3) is 4.52. The number of aromatic hydroxyl groups is 1. The molecule has 0 saturated carbocycles. The van der Waals surface area contributed by atoms with Crippen molar-refractivity contribution in [2.75, 3.05) is 0 Å². The summed E-state index contributed by atoms with van der Waals surface area (Å²) in [5.74, 6) is 0.622. The standard InChI is InChI=1S/C18H20O4/c1-2-3-8-14-9-7-10-15(17(14)19)13-21-18(20)22-16-11-5-4-6-12-16/h4-7,9-12,19H,2-3,8,13H2,1H3. The fraction of sp³-hybridized carbons (Fsp3) is 0.278. The van der Waals surface area contributed by atoms with Gasteiger partial charge in [-0.25, -0.2) is 4.79 Å². The molecule has 0 aromatic heterocycles. The summed E-state index contributed by atoms with van der Waals surface area (Å²) >= 11 is 0. The Bertz CT molecular complexity index is 608. The first-order valence-electron chi connectivity index (χ1n) is 7.40. The number of ether oxygens (including phenoxy) is 2. The van der Waals surface area contributed by atoms with Gasteiger partial charge in [0.25, 0.3) is 0 Å². The minimum atomic E-state index is -0.787. The van der Waals surface area contributed by atoms with Gasteiger partial charge in [0.1, 0.15) is 18.1 Å². The largest absolute Gasteiger partial charge is 0.514 e. The van der Waals surface area contributed by atoms with E-state index in [1.807, 2.05) is 18.2 Å². The summed E-state index contributed by atoms with van der Waals surface area (Å²) in [5.41, 5.74) is 1.46. The summed E-state index contributed by atoms with van der Waals surface area (Å²) < 4.78 is 10.1. The molecule has 0 fully saturated rings. The van der Waals surface area contributed by atoms with Gasteiger partial charge in [0.15, 0.2) is 0 Å². The molecule has 0 spiro atoms. The van der Waals surface area contributed by atoms with Crippen LogP contribution in [0.3, 0.4) is 0 Å². The molecule has 0 aliphatic rings. The zero-order valence-corrected chi connectivity index (χ0v) is 12.6. The summed E-state index contributed by atoms with van der Waals surface area (Å²) in [6.07, 6.45) is 2.09. The van der Waals surface area contributed by atoms with E-state index >= 15 is 0 Å².